The van der Waals surface area contributed by atoms with Crippen LogP contribution in [-0.2, 0) is 6.42 Å². The molecule has 0 atom stereocenters. The molecule has 164 valence electrons. The van der Waals surface area contributed by atoms with Crippen molar-refractivity contribution in [1.82, 2.24) is 4.90 Å². The Balaban J connectivity index is 3.05. The minimum Gasteiger partial charge on any atom is -0.404 e. The van der Waals surface area contributed by atoms with Gasteiger partial charge in [0.1, 0.15) is 0 Å². The summed E-state index contributed by atoms with van der Waals surface area (Å²) in [5.41, 5.74) is 9.98. The topological polar surface area (TPSA) is 41.6 Å². The van der Waals surface area contributed by atoms with E-state index in [2.05, 4.69) is 50.2 Å². The summed E-state index contributed by atoms with van der Waals surface area (Å²) in [5, 5.41) is 0.695. The van der Waals surface area contributed by atoms with Crippen molar-refractivity contribution in [3.8, 4) is 0 Å². The predicted octanol–water partition coefficient (Wildman–Crippen LogP) is 7.00. The quantitative estimate of drug-likeness (QED) is 0.288. The minimum atomic E-state index is 0.340. The summed E-state index contributed by atoms with van der Waals surface area (Å²) in [6, 6.07) is 6.21. The van der Waals surface area contributed by atoms with Crippen molar-refractivity contribution in [2.75, 3.05) is 13.6 Å². The molecule has 3 nitrogen and oxygen atoms in total. The maximum Gasteiger partial charge on any atom is 0.0788 e. The Morgan fingerprint density at radius 1 is 1.30 bits per heavy atom. The van der Waals surface area contributed by atoms with Gasteiger partial charge in [0.15, 0.2) is 0 Å². The van der Waals surface area contributed by atoms with E-state index in [1.165, 1.54) is 12.0 Å². The lowest BCUT2D eigenvalue weighted by Crippen LogP contribution is -2.11. The highest BCUT2D eigenvalue weighted by Gasteiger charge is 2.15. The SMILES string of the molecule is C=C/C=C\C(=C/N(C)CCC)N=CC(=CN)c1ccc(CCC(C)(C)CC)cc1Cl. The summed E-state index contributed by atoms with van der Waals surface area (Å²) in [6.07, 6.45) is 15.2. The summed E-state index contributed by atoms with van der Waals surface area (Å²) in [4.78, 5) is 6.74. The summed E-state index contributed by atoms with van der Waals surface area (Å²) in [5.74, 6) is 0. The van der Waals surface area contributed by atoms with E-state index in [-0.39, 0.29) is 0 Å². The third-order valence-electron chi connectivity index (χ3n) is 5.26. The fraction of sp³-hybridized carbons (Fsp3) is 0.423. The van der Waals surface area contributed by atoms with Gasteiger partial charge in [-0.1, -0.05) is 76.6 Å². The molecule has 0 saturated carbocycles. The van der Waals surface area contributed by atoms with Crippen LogP contribution < -0.4 is 5.73 Å². The highest BCUT2D eigenvalue weighted by molar-refractivity contribution is 6.34. The van der Waals surface area contributed by atoms with Crippen LogP contribution in [0.15, 0.2) is 66.1 Å². The van der Waals surface area contributed by atoms with Gasteiger partial charge in [0.05, 0.1) is 5.70 Å². The molecule has 0 aliphatic rings. The second kappa shape index (κ2) is 13.1. The largest absolute Gasteiger partial charge is 0.404 e. The van der Waals surface area contributed by atoms with E-state index in [0.29, 0.717) is 10.4 Å². The molecule has 1 rings (SSSR count). The Labute approximate surface area is 188 Å². The molecule has 0 heterocycles. The molecule has 2 N–H and O–H groups in total. The van der Waals surface area contributed by atoms with Crippen molar-refractivity contribution >= 4 is 23.4 Å². The van der Waals surface area contributed by atoms with Crippen LogP contribution in [-0.4, -0.2) is 24.7 Å². The van der Waals surface area contributed by atoms with Crippen LogP contribution in [0.5, 0.6) is 0 Å². The van der Waals surface area contributed by atoms with Crippen LogP contribution in [0, 0.1) is 5.41 Å². The standard InChI is InChI=1S/C26H38ClN3/c1-7-10-11-23(20-30(6)16-8-2)29-19-22(18-28)24-13-12-21(17-25(24)27)14-15-26(4,5)9-3/h7,10-13,17-20H,1,8-9,14-16,28H2,2-6H3/b11-10-,22-18?,23-20+,29-19?. The van der Waals surface area contributed by atoms with E-state index >= 15 is 0 Å². The molecule has 0 spiro atoms. The molecular weight excluding hydrogens is 390 g/mol. The second-order valence-corrected chi connectivity index (χ2v) is 8.75. The number of hydrogen-bond donors (Lipinski definition) is 1. The van der Waals surface area contributed by atoms with Gasteiger partial charge in [-0.25, -0.2) is 0 Å². The molecule has 4 heteroatoms. The van der Waals surface area contributed by atoms with Gasteiger partial charge in [0, 0.05) is 48.4 Å². The highest BCUT2D eigenvalue weighted by atomic mass is 35.5. The van der Waals surface area contributed by atoms with E-state index in [1.54, 1.807) is 18.5 Å². The average Bonchev–Trinajstić information content (AvgIpc) is 2.72. The van der Waals surface area contributed by atoms with E-state index in [4.69, 9.17) is 17.3 Å². The zero-order chi connectivity index (χ0) is 22.6. The zero-order valence-electron chi connectivity index (χ0n) is 19.3. The molecule has 0 radical (unpaired) electrons. The van der Waals surface area contributed by atoms with Crippen molar-refractivity contribution in [1.29, 1.82) is 0 Å². The fourth-order valence-corrected chi connectivity index (χ4v) is 3.20. The van der Waals surface area contributed by atoms with Crippen molar-refractivity contribution in [3.63, 3.8) is 0 Å². The molecular formula is C26H38ClN3. The molecule has 30 heavy (non-hydrogen) atoms. The molecule has 0 aliphatic heterocycles. The number of rotatable bonds is 12. The first-order chi connectivity index (χ1) is 14.3. The number of aliphatic imine (C=N–C) groups is 1. The monoisotopic (exact) mass is 427 g/mol. The Morgan fingerprint density at radius 3 is 2.60 bits per heavy atom. The molecule has 0 saturated heterocycles. The van der Waals surface area contributed by atoms with Gasteiger partial charge in [-0.3, -0.25) is 4.99 Å². The third-order valence-corrected chi connectivity index (χ3v) is 5.57. The van der Waals surface area contributed by atoms with Crippen LogP contribution in [0.25, 0.3) is 5.57 Å². The van der Waals surface area contributed by atoms with E-state index in [0.717, 1.165) is 42.6 Å². The predicted molar refractivity (Wildman–Crippen MR) is 135 cm³/mol. The first-order valence-corrected chi connectivity index (χ1v) is 11.1. The summed E-state index contributed by atoms with van der Waals surface area (Å²) in [6.45, 7) is 13.7. The van der Waals surface area contributed by atoms with Crippen molar-refractivity contribution < 1.29 is 0 Å². The van der Waals surface area contributed by atoms with E-state index < -0.39 is 0 Å². The first-order valence-electron chi connectivity index (χ1n) is 10.7. The molecule has 0 fully saturated rings. The Hall–Kier alpha value is -2.26. The number of hydrogen-bond acceptors (Lipinski definition) is 3. The van der Waals surface area contributed by atoms with E-state index in [1.807, 2.05) is 37.5 Å². The van der Waals surface area contributed by atoms with Gasteiger partial charge in [0.2, 0.25) is 0 Å². The van der Waals surface area contributed by atoms with Crippen LogP contribution >= 0.6 is 11.6 Å². The number of halogens is 1. The molecule has 0 amide bonds. The number of aryl methyl sites for hydroxylation is 1. The fourth-order valence-electron chi connectivity index (χ4n) is 2.88. The first kappa shape index (κ1) is 25.8. The molecule has 1 aromatic rings. The lowest BCUT2D eigenvalue weighted by Gasteiger charge is -2.22. The number of allylic oxidation sites excluding steroid dienone is 4. The van der Waals surface area contributed by atoms with Crippen LogP contribution in [0.3, 0.4) is 0 Å². The third kappa shape index (κ3) is 9.04. The van der Waals surface area contributed by atoms with Gasteiger partial charge >= 0.3 is 0 Å². The van der Waals surface area contributed by atoms with Gasteiger partial charge in [0.25, 0.3) is 0 Å². The maximum absolute atomic E-state index is 6.60. The Morgan fingerprint density at radius 2 is 2.03 bits per heavy atom. The van der Waals surface area contributed by atoms with Crippen LogP contribution in [0.4, 0.5) is 0 Å². The molecule has 0 bridgehead atoms. The zero-order valence-corrected chi connectivity index (χ0v) is 20.0. The Kier molecular flexibility index (Phi) is 11.3. The van der Waals surface area contributed by atoms with Crippen molar-refractivity contribution in [3.05, 3.63) is 77.3 Å². The van der Waals surface area contributed by atoms with Crippen molar-refractivity contribution in [2.24, 2.45) is 16.1 Å². The van der Waals surface area contributed by atoms with Gasteiger partial charge in [-0.05, 0) is 42.4 Å². The second-order valence-electron chi connectivity index (χ2n) is 8.34. The molecule has 0 aliphatic carbocycles. The minimum absolute atomic E-state index is 0.340. The highest BCUT2D eigenvalue weighted by Crippen LogP contribution is 2.29. The van der Waals surface area contributed by atoms with E-state index in [9.17, 15) is 0 Å². The number of benzene rings is 1. The lowest BCUT2D eigenvalue weighted by molar-refractivity contribution is 0.322. The van der Waals surface area contributed by atoms with Crippen LogP contribution in [0.1, 0.15) is 58.1 Å². The number of nitrogens with two attached hydrogens (primary N) is 1. The van der Waals surface area contributed by atoms with Gasteiger partial charge < -0.3 is 10.6 Å². The summed E-state index contributed by atoms with van der Waals surface area (Å²) >= 11 is 6.60. The normalized spacial score (nSPS) is 13.4. The average molecular weight is 428 g/mol. The number of nitrogens with zero attached hydrogens (tertiary/aromatic N) is 2. The van der Waals surface area contributed by atoms with Gasteiger partial charge in [-0.15, -0.1) is 0 Å². The van der Waals surface area contributed by atoms with Gasteiger partial charge in [-0.2, -0.15) is 0 Å². The molecule has 0 aromatic heterocycles. The Bertz CT molecular complexity index is 800. The van der Waals surface area contributed by atoms with Crippen molar-refractivity contribution in [2.45, 2.75) is 53.4 Å². The summed E-state index contributed by atoms with van der Waals surface area (Å²) in [7, 11) is 2.04. The van der Waals surface area contributed by atoms with Crippen LogP contribution in [0.2, 0.25) is 5.02 Å². The summed E-state index contributed by atoms with van der Waals surface area (Å²) < 4.78 is 0. The smallest absolute Gasteiger partial charge is 0.0788 e. The molecule has 0 unspecified atom stereocenters. The lowest BCUT2D eigenvalue weighted by atomic mass is 9.84. The molecule has 1 aromatic carbocycles. The maximum atomic E-state index is 6.60.